The number of carbonyl (C=O) groups is 3. The highest BCUT2D eigenvalue weighted by Gasteiger charge is 2.31. The molecule has 3 amide bonds. The van der Waals surface area contributed by atoms with Crippen molar-refractivity contribution in [3.05, 3.63) is 30.3 Å². The van der Waals surface area contributed by atoms with Crippen LogP contribution in [0.25, 0.3) is 0 Å². The molecule has 27 heavy (non-hydrogen) atoms. The summed E-state index contributed by atoms with van der Waals surface area (Å²) < 4.78 is 5.18. The summed E-state index contributed by atoms with van der Waals surface area (Å²) in [5, 5.41) is 2.48. The third kappa shape index (κ3) is 6.47. The molecule has 0 saturated carbocycles. The van der Waals surface area contributed by atoms with Gasteiger partial charge in [-0.2, -0.15) is 0 Å². The van der Waals surface area contributed by atoms with Crippen molar-refractivity contribution in [2.24, 2.45) is 5.73 Å². The summed E-state index contributed by atoms with van der Waals surface area (Å²) in [5.41, 5.74) is 5.65. The van der Waals surface area contributed by atoms with Gasteiger partial charge >= 0.3 is 6.09 Å². The Bertz CT molecular complexity index is 664. The fourth-order valence-corrected chi connectivity index (χ4v) is 2.90. The van der Waals surface area contributed by atoms with E-state index in [9.17, 15) is 14.4 Å². The molecule has 3 N–H and O–H groups in total. The zero-order valence-electron chi connectivity index (χ0n) is 16.1. The second kappa shape index (κ2) is 8.75. The van der Waals surface area contributed by atoms with Crippen molar-refractivity contribution in [1.29, 1.82) is 0 Å². The van der Waals surface area contributed by atoms with Gasteiger partial charge in [-0.05, 0) is 32.9 Å². The molecule has 1 fully saturated rings. The molecule has 8 nitrogen and oxygen atoms in total. The van der Waals surface area contributed by atoms with E-state index in [4.69, 9.17) is 10.5 Å². The second-order valence-corrected chi connectivity index (χ2v) is 7.52. The topological polar surface area (TPSA) is 105 Å². The van der Waals surface area contributed by atoms with E-state index in [1.807, 2.05) is 30.3 Å². The van der Waals surface area contributed by atoms with E-state index in [-0.39, 0.29) is 12.3 Å². The number of ether oxygens (including phenoxy) is 1. The molecule has 1 aliphatic heterocycles. The normalized spacial score (nSPS) is 15.8. The Morgan fingerprint density at radius 3 is 2.22 bits per heavy atom. The van der Waals surface area contributed by atoms with Gasteiger partial charge in [0.2, 0.25) is 11.8 Å². The van der Waals surface area contributed by atoms with E-state index in [0.29, 0.717) is 26.2 Å². The van der Waals surface area contributed by atoms with Crippen molar-refractivity contribution in [1.82, 2.24) is 10.2 Å². The van der Waals surface area contributed by atoms with Gasteiger partial charge in [-0.1, -0.05) is 18.2 Å². The van der Waals surface area contributed by atoms with E-state index >= 15 is 0 Å². The number of benzene rings is 1. The van der Waals surface area contributed by atoms with E-state index in [0.717, 1.165) is 5.69 Å². The minimum Gasteiger partial charge on any atom is -0.444 e. The van der Waals surface area contributed by atoms with Crippen molar-refractivity contribution in [3.63, 3.8) is 0 Å². The molecule has 148 valence electrons. The van der Waals surface area contributed by atoms with E-state index < -0.39 is 23.6 Å². The predicted molar refractivity (Wildman–Crippen MR) is 102 cm³/mol. The number of nitrogens with zero attached hydrogens (tertiary/aromatic N) is 2. The maximum atomic E-state index is 12.8. The van der Waals surface area contributed by atoms with Crippen LogP contribution in [-0.4, -0.2) is 60.6 Å². The van der Waals surface area contributed by atoms with Gasteiger partial charge in [-0.3, -0.25) is 9.59 Å². The van der Waals surface area contributed by atoms with Crippen molar-refractivity contribution in [3.8, 4) is 0 Å². The van der Waals surface area contributed by atoms with Gasteiger partial charge in [0, 0.05) is 31.9 Å². The third-order valence-corrected chi connectivity index (χ3v) is 4.11. The first-order chi connectivity index (χ1) is 12.7. The SMILES string of the molecule is CC(C)(C)OC(=O)N[C@@H](CC(N)=O)C(=O)N1CCN(c2ccccc2)CC1. The Kier molecular flexibility index (Phi) is 6.65. The molecule has 8 heteroatoms. The van der Waals surface area contributed by atoms with Gasteiger partial charge < -0.3 is 25.6 Å². The van der Waals surface area contributed by atoms with Crippen LogP contribution in [0.15, 0.2) is 30.3 Å². The van der Waals surface area contributed by atoms with Crippen LogP contribution < -0.4 is 16.0 Å². The average Bonchev–Trinajstić information content (AvgIpc) is 2.59. The fraction of sp³-hybridized carbons (Fsp3) is 0.526. The number of hydrogen-bond donors (Lipinski definition) is 2. The number of amides is 3. The zero-order valence-corrected chi connectivity index (χ0v) is 16.1. The molecule has 0 aromatic heterocycles. The van der Waals surface area contributed by atoms with Gasteiger partial charge in [-0.15, -0.1) is 0 Å². The first-order valence-electron chi connectivity index (χ1n) is 9.02. The first kappa shape index (κ1) is 20.5. The zero-order chi connectivity index (χ0) is 20.0. The fourth-order valence-electron chi connectivity index (χ4n) is 2.90. The van der Waals surface area contributed by atoms with Crippen LogP contribution in [0.5, 0.6) is 0 Å². The monoisotopic (exact) mass is 376 g/mol. The highest BCUT2D eigenvalue weighted by Crippen LogP contribution is 2.16. The molecule has 1 heterocycles. The summed E-state index contributed by atoms with van der Waals surface area (Å²) in [5.74, 6) is -0.986. The Morgan fingerprint density at radius 2 is 1.70 bits per heavy atom. The van der Waals surface area contributed by atoms with Crippen LogP contribution in [0.2, 0.25) is 0 Å². The van der Waals surface area contributed by atoms with Crippen LogP contribution in [0.3, 0.4) is 0 Å². The Balaban J connectivity index is 1.97. The number of primary amides is 1. The molecule has 1 atom stereocenters. The molecule has 1 aromatic carbocycles. The molecule has 0 spiro atoms. The van der Waals surface area contributed by atoms with E-state index in [2.05, 4.69) is 10.2 Å². The smallest absolute Gasteiger partial charge is 0.408 e. The van der Waals surface area contributed by atoms with Crippen LogP contribution >= 0.6 is 0 Å². The number of rotatable bonds is 5. The number of alkyl carbamates (subject to hydrolysis) is 1. The summed E-state index contributed by atoms with van der Waals surface area (Å²) in [4.78, 5) is 40.0. The average molecular weight is 376 g/mol. The standard InChI is InChI=1S/C19H28N4O4/c1-19(2,3)27-18(26)21-15(13-16(20)24)17(25)23-11-9-22(10-12-23)14-7-5-4-6-8-14/h4-8,15H,9-13H2,1-3H3,(H2,20,24)(H,21,26)/t15-/m0/s1. The Labute approximate surface area is 159 Å². The minimum absolute atomic E-state index is 0.267. The van der Waals surface area contributed by atoms with Crippen molar-refractivity contribution in [2.75, 3.05) is 31.1 Å². The predicted octanol–water partition coefficient (Wildman–Crippen LogP) is 1.10. The summed E-state index contributed by atoms with van der Waals surface area (Å²) in [6.07, 6.45) is -1.01. The summed E-state index contributed by atoms with van der Waals surface area (Å²) in [7, 11) is 0. The molecule has 0 unspecified atom stereocenters. The number of anilines is 1. The minimum atomic E-state index is -1.03. The van der Waals surface area contributed by atoms with Crippen molar-refractivity contribution < 1.29 is 19.1 Å². The lowest BCUT2D eigenvalue weighted by Crippen LogP contribution is -2.56. The number of para-hydroxylation sites is 1. The van der Waals surface area contributed by atoms with Gasteiger partial charge in [0.05, 0.1) is 6.42 Å². The summed E-state index contributed by atoms with van der Waals surface area (Å²) >= 11 is 0. The Morgan fingerprint density at radius 1 is 1.11 bits per heavy atom. The lowest BCUT2D eigenvalue weighted by molar-refractivity contribution is -0.135. The molecule has 2 rings (SSSR count). The summed E-state index contributed by atoms with van der Waals surface area (Å²) in [6.45, 7) is 7.51. The number of hydrogen-bond acceptors (Lipinski definition) is 5. The lowest BCUT2D eigenvalue weighted by atomic mass is 10.1. The first-order valence-corrected chi connectivity index (χ1v) is 9.02. The molecule has 0 bridgehead atoms. The van der Waals surface area contributed by atoms with Gasteiger partial charge in [-0.25, -0.2) is 4.79 Å². The van der Waals surface area contributed by atoms with Crippen molar-refractivity contribution >= 4 is 23.6 Å². The summed E-state index contributed by atoms with van der Waals surface area (Å²) in [6, 6.07) is 8.93. The number of carbonyl (C=O) groups excluding carboxylic acids is 3. The van der Waals surface area contributed by atoms with E-state index in [1.165, 1.54) is 0 Å². The van der Waals surface area contributed by atoms with Crippen LogP contribution in [0, 0.1) is 0 Å². The molecular weight excluding hydrogens is 348 g/mol. The second-order valence-electron chi connectivity index (χ2n) is 7.52. The quantitative estimate of drug-likeness (QED) is 0.801. The molecule has 1 aliphatic rings. The highest BCUT2D eigenvalue weighted by atomic mass is 16.6. The largest absolute Gasteiger partial charge is 0.444 e. The third-order valence-electron chi connectivity index (χ3n) is 4.11. The van der Waals surface area contributed by atoms with Crippen LogP contribution in [0.1, 0.15) is 27.2 Å². The van der Waals surface area contributed by atoms with Gasteiger partial charge in [0.1, 0.15) is 11.6 Å². The van der Waals surface area contributed by atoms with E-state index in [1.54, 1.807) is 25.7 Å². The molecule has 1 aromatic rings. The highest BCUT2D eigenvalue weighted by molar-refractivity contribution is 5.90. The molecule has 0 radical (unpaired) electrons. The van der Waals surface area contributed by atoms with Gasteiger partial charge in [0.15, 0.2) is 0 Å². The number of nitrogens with one attached hydrogen (secondary N) is 1. The maximum Gasteiger partial charge on any atom is 0.408 e. The number of piperazine rings is 1. The maximum absolute atomic E-state index is 12.8. The van der Waals surface area contributed by atoms with Crippen LogP contribution in [-0.2, 0) is 14.3 Å². The molecule has 0 aliphatic carbocycles. The van der Waals surface area contributed by atoms with Gasteiger partial charge in [0.25, 0.3) is 0 Å². The number of nitrogens with two attached hydrogens (primary N) is 1. The van der Waals surface area contributed by atoms with Crippen molar-refractivity contribution in [2.45, 2.75) is 38.8 Å². The lowest BCUT2D eigenvalue weighted by Gasteiger charge is -2.37. The molecule has 1 saturated heterocycles. The molecular formula is C19H28N4O4. The van der Waals surface area contributed by atoms with Crippen LogP contribution in [0.4, 0.5) is 10.5 Å². The Hall–Kier alpha value is -2.77.